The van der Waals surface area contributed by atoms with Crippen LogP contribution in [0.15, 0.2) is 12.2 Å². The second kappa shape index (κ2) is 4.77. The first-order chi connectivity index (χ1) is 6.88. The van der Waals surface area contributed by atoms with Gasteiger partial charge in [-0.1, -0.05) is 25.0 Å². The average molecular weight is 192 g/mol. The van der Waals surface area contributed by atoms with Gasteiger partial charge in [0, 0.05) is 12.3 Å². The van der Waals surface area contributed by atoms with Crippen LogP contribution in [0.4, 0.5) is 0 Å². The first kappa shape index (κ1) is 9.95. The zero-order valence-electron chi connectivity index (χ0n) is 8.87. The summed E-state index contributed by atoms with van der Waals surface area (Å²) in [5.74, 6) is 1.48. The van der Waals surface area contributed by atoms with E-state index in [-0.39, 0.29) is 0 Å². The largest absolute Gasteiger partial charge is 0.299 e. The molecule has 0 bridgehead atoms. The Morgan fingerprint density at radius 1 is 1.07 bits per heavy atom. The smallest absolute Gasteiger partial charge is 0.136 e. The van der Waals surface area contributed by atoms with Gasteiger partial charge in [-0.25, -0.2) is 0 Å². The highest BCUT2D eigenvalue weighted by Gasteiger charge is 2.30. The molecule has 0 aromatic carbocycles. The lowest BCUT2D eigenvalue weighted by atomic mass is 9.84. The summed E-state index contributed by atoms with van der Waals surface area (Å²) in [6.07, 6.45) is 14.2. The fourth-order valence-corrected chi connectivity index (χ4v) is 2.82. The Kier molecular flexibility index (Phi) is 3.39. The van der Waals surface area contributed by atoms with Crippen LogP contribution in [-0.4, -0.2) is 5.78 Å². The van der Waals surface area contributed by atoms with E-state index in [1.54, 1.807) is 0 Å². The van der Waals surface area contributed by atoms with Gasteiger partial charge >= 0.3 is 0 Å². The molecule has 1 heteroatoms. The molecule has 2 unspecified atom stereocenters. The monoisotopic (exact) mass is 192 g/mol. The van der Waals surface area contributed by atoms with Crippen molar-refractivity contribution in [3.05, 3.63) is 12.2 Å². The van der Waals surface area contributed by atoms with E-state index in [1.165, 1.54) is 32.1 Å². The maximum absolute atomic E-state index is 11.6. The van der Waals surface area contributed by atoms with E-state index >= 15 is 0 Å². The number of rotatable bonds is 1. The Labute approximate surface area is 86.6 Å². The van der Waals surface area contributed by atoms with Gasteiger partial charge in [-0.05, 0) is 38.0 Å². The number of hydrogen-bond acceptors (Lipinski definition) is 1. The molecule has 0 radical (unpaired) electrons. The van der Waals surface area contributed by atoms with Crippen LogP contribution in [0.2, 0.25) is 0 Å². The van der Waals surface area contributed by atoms with E-state index < -0.39 is 0 Å². The van der Waals surface area contributed by atoms with E-state index in [4.69, 9.17) is 0 Å². The standard InChI is InChI=1S/C13H20O/c14-13-10-6-9-12(13)11-7-4-2-1-3-5-8-11/h4,7,11-12H,1-3,5-6,8-10H2/b7-4-. The third-order valence-electron chi connectivity index (χ3n) is 3.66. The maximum Gasteiger partial charge on any atom is 0.136 e. The summed E-state index contributed by atoms with van der Waals surface area (Å²) in [6, 6.07) is 0. The predicted octanol–water partition coefficient (Wildman–Crippen LogP) is 3.49. The van der Waals surface area contributed by atoms with E-state index in [1.807, 2.05) is 0 Å². The third kappa shape index (κ3) is 2.26. The summed E-state index contributed by atoms with van der Waals surface area (Å²) in [5, 5.41) is 0. The molecule has 2 atom stereocenters. The Bertz CT molecular complexity index is 229. The van der Waals surface area contributed by atoms with Gasteiger partial charge in [0.15, 0.2) is 0 Å². The second-order valence-corrected chi connectivity index (χ2v) is 4.70. The number of carbonyl (C=O) groups is 1. The molecule has 0 heterocycles. The molecule has 0 aromatic heterocycles. The molecule has 0 spiro atoms. The van der Waals surface area contributed by atoms with Gasteiger partial charge in [0.25, 0.3) is 0 Å². The molecule has 1 saturated carbocycles. The molecule has 78 valence electrons. The van der Waals surface area contributed by atoms with Crippen LogP contribution in [0.25, 0.3) is 0 Å². The van der Waals surface area contributed by atoms with Crippen molar-refractivity contribution in [2.24, 2.45) is 11.8 Å². The van der Waals surface area contributed by atoms with Gasteiger partial charge in [0.2, 0.25) is 0 Å². The van der Waals surface area contributed by atoms with Crippen LogP contribution in [0.1, 0.15) is 51.4 Å². The molecular weight excluding hydrogens is 172 g/mol. The Morgan fingerprint density at radius 2 is 2.00 bits per heavy atom. The van der Waals surface area contributed by atoms with E-state index in [0.717, 1.165) is 19.3 Å². The van der Waals surface area contributed by atoms with E-state index in [2.05, 4.69) is 12.2 Å². The summed E-state index contributed by atoms with van der Waals surface area (Å²) in [4.78, 5) is 11.6. The summed E-state index contributed by atoms with van der Waals surface area (Å²) in [7, 11) is 0. The molecule has 2 aliphatic carbocycles. The van der Waals surface area contributed by atoms with Crippen molar-refractivity contribution in [3.63, 3.8) is 0 Å². The molecule has 0 saturated heterocycles. The van der Waals surface area contributed by atoms with Crippen molar-refractivity contribution < 1.29 is 4.79 Å². The minimum Gasteiger partial charge on any atom is -0.299 e. The SMILES string of the molecule is O=C1CCCC1C1/C=C\CCCCC1. The highest BCUT2D eigenvalue weighted by Crippen LogP contribution is 2.33. The zero-order chi connectivity index (χ0) is 9.80. The molecule has 2 rings (SSSR count). The van der Waals surface area contributed by atoms with Crippen molar-refractivity contribution in [1.82, 2.24) is 0 Å². The van der Waals surface area contributed by atoms with E-state index in [9.17, 15) is 4.79 Å². The van der Waals surface area contributed by atoms with Crippen LogP contribution >= 0.6 is 0 Å². The topological polar surface area (TPSA) is 17.1 Å². The van der Waals surface area contributed by atoms with Crippen molar-refractivity contribution in [2.75, 3.05) is 0 Å². The predicted molar refractivity (Wildman–Crippen MR) is 58.1 cm³/mol. The Morgan fingerprint density at radius 3 is 2.79 bits per heavy atom. The zero-order valence-corrected chi connectivity index (χ0v) is 8.87. The van der Waals surface area contributed by atoms with Crippen LogP contribution in [0.3, 0.4) is 0 Å². The summed E-state index contributed by atoms with van der Waals surface area (Å²) < 4.78 is 0. The molecule has 1 nitrogen and oxygen atoms in total. The molecule has 0 aliphatic heterocycles. The molecule has 0 amide bonds. The van der Waals surface area contributed by atoms with Crippen molar-refractivity contribution in [3.8, 4) is 0 Å². The van der Waals surface area contributed by atoms with Crippen LogP contribution in [-0.2, 0) is 4.79 Å². The van der Waals surface area contributed by atoms with Gasteiger partial charge in [-0.2, -0.15) is 0 Å². The summed E-state index contributed by atoms with van der Waals surface area (Å²) in [5.41, 5.74) is 0. The van der Waals surface area contributed by atoms with Gasteiger partial charge in [0.1, 0.15) is 5.78 Å². The Hall–Kier alpha value is -0.590. The van der Waals surface area contributed by atoms with E-state index in [0.29, 0.717) is 17.6 Å². The minimum atomic E-state index is 0.379. The summed E-state index contributed by atoms with van der Waals surface area (Å²) >= 11 is 0. The third-order valence-corrected chi connectivity index (χ3v) is 3.66. The molecule has 1 fully saturated rings. The number of carbonyl (C=O) groups excluding carboxylic acids is 1. The maximum atomic E-state index is 11.6. The highest BCUT2D eigenvalue weighted by molar-refractivity contribution is 5.83. The lowest BCUT2D eigenvalue weighted by molar-refractivity contribution is -0.121. The molecule has 0 N–H and O–H groups in total. The number of ketones is 1. The van der Waals surface area contributed by atoms with Crippen LogP contribution < -0.4 is 0 Å². The number of hydrogen-bond donors (Lipinski definition) is 0. The van der Waals surface area contributed by atoms with Crippen molar-refractivity contribution >= 4 is 5.78 Å². The van der Waals surface area contributed by atoms with Crippen LogP contribution in [0, 0.1) is 11.8 Å². The molecular formula is C13H20O. The highest BCUT2D eigenvalue weighted by atomic mass is 16.1. The average Bonchev–Trinajstić information content (AvgIpc) is 2.51. The fraction of sp³-hybridized carbons (Fsp3) is 0.769. The van der Waals surface area contributed by atoms with Crippen molar-refractivity contribution in [1.29, 1.82) is 0 Å². The molecule has 14 heavy (non-hydrogen) atoms. The quantitative estimate of drug-likeness (QED) is 0.581. The lowest BCUT2D eigenvalue weighted by Crippen LogP contribution is -2.17. The van der Waals surface area contributed by atoms with Gasteiger partial charge in [-0.3, -0.25) is 4.79 Å². The number of Topliss-reactive ketones (excluding diaryl/α,β-unsaturated/α-hetero) is 1. The first-order valence-corrected chi connectivity index (χ1v) is 6.07. The van der Waals surface area contributed by atoms with Crippen LogP contribution in [0.5, 0.6) is 0 Å². The normalized spacial score (nSPS) is 36.4. The van der Waals surface area contributed by atoms with Gasteiger partial charge in [-0.15, -0.1) is 0 Å². The molecule has 2 aliphatic rings. The first-order valence-electron chi connectivity index (χ1n) is 6.07. The molecule has 0 aromatic rings. The second-order valence-electron chi connectivity index (χ2n) is 4.70. The van der Waals surface area contributed by atoms with Gasteiger partial charge < -0.3 is 0 Å². The number of allylic oxidation sites excluding steroid dienone is 2. The fourth-order valence-electron chi connectivity index (χ4n) is 2.82. The van der Waals surface area contributed by atoms with Gasteiger partial charge in [0.05, 0.1) is 0 Å². The minimum absolute atomic E-state index is 0.379. The van der Waals surface area contributed by atoms with Crippen molar-refractivity contribution in [2.45, 2.75) is 51.4 Å². The summed E-state index contributed by atoms with van der Waals surface area (Å²) in [6.45, 7) is 0. The lowest BCUT2D eigenvalue weighted by Gasteiger charge is -2.20. The Balaban J connectivity index is 1.99.